The first-order valence-corrected chi connectivity index (χ1v) is 28.2. The molecule has 0 bridgehead atoms. The molecular weight excluding hydrogens is 1100 g/mol. The topological polar surface area (TPSA) is 188 Å². The molecule has 8 rings (SSSR count). The van der Waals surface area contributed by atoms with Gasteiger partial charge in [0, 0.05) is 167 Å². The lowest BCUT2D eigenvalue weighted by molar-refractivity contribution is 0.0252. The van der Waals surface area contributed by atoms with Gasteiger partial charge in [-0.2, -0.15) is 0 Å². The van der Waals surface area contributed by atoms with E-state index in [4.69, 9.17) is 42.9 Å². The van der Waals surface area contributed by atoms with Crippen LogP contribution in [0.5, 0.6) is 0 Å². The van der Waals surface area contributed by atoms with E-state index < -0.39 is 11.2 Å². The quantitative estimate of drug-likeness (QED) is 0.151. The van der Waals surface area contributed by atoms with Crippen molar-refractivity contribution in [2.45, 2.75) is 120 Å². The Hall–Kier alpha value is -4.66. The molecule has 0 aromatic carbocycles. The number of halogens is 4. The maximum atomic E-state index is 12.2. The predicted octanol–water partition coefficient (Wildman–Crippen LogP) is 10.0. The van der Waals surface area contributed by atoms with Crippen LogP contribution in [-0.4, -0.2) is 182 Å². The average Bonchev–Trinajstić information content (AvgIpc) is 4.00. The van der Waals surface area contributed by atoms with E-state index in [2.05, 4.69) is 84.8 Å². The molecular formula is C58H96Cl4N12O6. The molecule has 22 heteroatoms. The molecule has 80 heavy (non-hydrogen) atoms. The normalized spacial score (nSPS) is 15.8. The van der Waals surface area contributed by atoms with Gasteiger partial charge in [0.2, 0.25) is 0 Å². The minimum absolute atomic E-state index is 0. The van der Waals surface area contributed by atoms with Crippen LogP contribution in [0.2, 0.25) is 10.0 Å². The van der Waals surface area contributed by atoms with Crippen molar-refractivity contribution in [2.24, 2.45) is 0 Å². The van der Waals surface area contributed by atoms with Crippen molar-refractivity contribution >= 4 is 83.0 Å². The third-order valence-corrected chi connectivity index (χ3v) is 13.5. The molecule has 4 aromatic heterocycles. The predicted molar refractivity (Wildman–Crippen MR) is 335 cm³/mol. The summed E-state index contributed by atoms with van der Waals surface area (Å²) in [5.41, 5.74) is 11.1. The summed E-state index contributed by atoms with van der Waals surface area (Å²) in [5.74, 6) is 0. The number of aliphatic hydroxyl groups excluding tert-OH is 2. The monoisotopic (exact) mass is 1200 g/mol. The van der Waals surface area contributed by atoms with E-state index in [0.29, 0.717) is 24.7 Å². The van der Waals surface area contributed by atoms with E-state index in [1.54, 1.807) is 17.3 Å². The molecule has 0 unspecified atom stereocenters. The number of aliphatic hydroxyl groups is 2. The molecule has 4 saturated heterocycles. The molecule has 8 heterocycles. The standard InChI is InChI=1S/C17H27N3O2.C16H24ClN3O2.C12H19N3.C11H16ClN3.2CH4O.2ClH/c1-13-11-18-12-14(2)15(13)19-7-6-8-20(10-9-19)16(21)22-17(3,4)5;1-12-10-18-11-13(17)14(12)19-6-5-7-20(9-8-19)15(21)22-16(2,3)4;1-10-8-14-9-11(2)12(10)15-6-3-4-13-5-7-15;1-9-7-14-8-10(12)11(9)15-5-2-3-13-4-6-15;2*1-2;;/h11-12H,6-10H2,1-5H3;10-11H,5-9H2,1-4H3;8-9,13H,3-7H2,1-2H3;7-8,13H,2-6H2,1H3;2*2H,1H3;2*1H. The third-order valence-electron chi connectivity index (χ3n) is 12.9. The number of nitrogens with one attached hydrogen (secondary N) is 2. The van der Waals surface area contributed by atoms with E-state index in [9.17, 15) is 9.59 Å². The number of aryl methyl sites for hydroxylation is 6. The maximum Gasteiger partial charge on any atom is 0.410 e. The molecule has 4 N–H and O–H groups in total. The molecule has 4 fully saturated rings. The lowest BCUT2D eigenvalue weighted by Crippen LogP contribution is -2.39. The Morgan fingerprint density at radius 1 is 0.412 bits per heavy atom. The SMILES string of the molecule is CO.CO.Cc1cncc(C)c1N1CCCN(C(=O)OC(C)(C)C)CC1.Cc1cncc(C)c1N1CCCNCC1.Cc1cncc(Cl)c1N1CCCN(C(=O)OC(C)(C)C)CC1.Cc1cncc(Cl)c1N1CCCNCC1.Cl.Cl. The summed E-state index contributed by atoms with van der Waals surface area (Å²) < 4.78 is 10.9. The fourth-order valence-electron chi connectivity index (χ4n) is 9.68. The van der Waals surface area contributed by atoms with Crippen molar-refractivity contribution in [1.82, 2.24) is 40.4 Å². The Morgan fingerprint density at radius 3 is 1.01 bits per heavy atom. The van der Waals surface area contributed by atoms with Crippen molar-refractivity contribution in [1.29, 1.82) is 0 Å². The smallest absolute Gasteiger partial charge is 0.410 e. The van der Waals surface area contributed by atoms with E-state index >= 15 is 0 Å². The highest BCUT2D eigenvalue weighted by atomic mass is 35.5. The van der Waals surface area contributed by atoms with Crippen LogP contribution >= 0.6 is 48.0 Å². The zero-order chi connectivity index (χ0) is 58.0. The Labute approximate surface area is 501 Å². The Balaban J connectivity index is 0.000000524. The Morgan fingerprint density at radius 2 is 0.688 bits per heavy atom. The minimum atomic E-state index is -0.464. The molecule has 18 nitrogen and oxygen atoms in total. The summed E-state index contributed by atoms with van der Waals surface area (Å²) in [5, 5.41) is 22.2. The van der Waals surface area contributed by atoms with Crippen LogP contribution in [0.4, 0.5) is 32.3 Å². The zero-order valence-corrected chi connectivity index (χ0v) is 53.5. The van der Waals surface area contributed by atoms with Crippen LogP contribution < -0.4 is 30.2 Å². The Kier molecular flexibility index (Phi) is 34.3. The van der Waals surface area contributed by atoms with Gasteiger partial charge in [-0.15, -0.1) is 24.8 Å². The number of aromatic nitrogens is 4. The number of carbonyl (C=O) groups is 2. The lowest BCUT2D eigenvalue weighted by atomic mass is 10.1. The number of nitrogens with zero attached hydrogens (tertiary/aromatic N) is 10. The maximum absolute atomic E-state index is 12.2. The van der Waals surface area contributed by atoms with Gasteiger partial charge in [-0.1, -0.05) is 23.2 Å². The third kappa shape index (κ3) is 24.4. The number of hydrogen-bond donors (Lipinski definition) is 4. The molecule has 4 aromatic rings. The Bertz CT molecular complexity index is 2170. The highest BCUT2D eigenvalue weighted by molar-refractivity contribution is 6.33. The lowest BCUT2D eigenvalue weighted by Gasteiger charge is -2.28. The van der Waals surface area contributed by atoms with Crippen molar-refractivity contribution in [2.75, 3.05) is 139 Å². The first kappa shape index (κ1) is 73.4. The van der Waals surface area contributed by atoms with Crippen molar-refractivity contribution in [3.05, 3.63) is 93.0 Å². The van der Waals surface area contributed by atoms with Crippen molar-refractivity contribution in [3.8, 4) is 0 Å². The van der Waals surface area contributed by atoms with E-state index in [1.807, 2.05) is 90.5 Å². The molecule has 0 saturated carbocycles. The second-order valence-electron chi connectivity index (χ2n) is 21.6. The number of amides is 2. The highest BCUT2D eigenvalue weighted by Gasteiger charge is 2.27. The summed E-state index contributed by atoms with van der Waals surface area (Å²) >= 11 is 12.5. The van der Waals surface area contributed by atoms with Crippen LogP contribution in [0.25, 0.3) is 0 Å². The summed E-state index contributed by atoms with van der Waals surface area (Å²) in [6, 6.07) is 0. The first-order chi connectivity index (χ1) is 37.1. The van der Waals surface area contributed by atoms with E-state index in [-0.39, 0.29) is 37.0 Å². The summed E-state index contributed by atoms with van der Waals surface area (Å²) in [7, 11) is 2.00. The molecule has 0 spiro atoms. The van der Waals surface area contributed by atoms with Gasteiger partial charge in [0.1, 0.15) is 11.2 Å². The van der Waals surface area contributed by atoms with Gasteiger partial charge in [-0.25, -0.2) is 9.59 Å². The van der Waals surface area contributed by atoms with Crippen molar-refractivity contribution in [3.63, 3.8) is 0 Å². The van der Waals surface area contributed by atoms with Crippen LogP contribution in [0.3, 0.4) is 0 Å². The van der Waals surface area contributed by atoms with Crippen LogP contribution in [-0.2, 0) is 9.47 Å². The molecule has 4 aliphatic rings. The second kappa shape index (κ2) is 37.4. The van der Waals surface area contributed by atoms with Gasteiger partial charge in [-0.3, -0.25) is 19.9 Å². The van der Waals surface area contributed by atoms with Gasteiger partial charge >= 0.3 is 12.2 Å². The summed E-state index contributed by atoms with van der Waals surface area (Å²) in [6.07, 6.45) is 18.6. The van der Waals surface area contributed by atoms with Gasteiger partial charge in [0.05, 0.1) is 21.4 Å². The van der Waals surface area contributed by atoms with Crippen LogP contribution in [0, 0.1) is 41.5 Å². The van der Waals surface area contributed by atoms with E-state index in [1.165, 1.54) is 40.0 Å². The largest absolute Gasteiger partial charge is 0.444 e. The van der Waals surface area contributed by atoms with Crippen LogP contribution in [0.1, 0.15) is 101 Å². The van der Waals surface area contributed by atoms with Gasteiger partial charge in [-0.05, 0) is 155 Å². The minimum Gasteiger partial charge on any atom is -0.444 e. The van der Waals surface area contributed by atoms with Crippen molar-refractivity contribution < 1.29 is 29.3 Å². The van der Waals surface area contributed by atoms with Gasteiger partial charge in [0.15, 0.2) is 0 Å². The number of ether oxygens (including phenoxy) is 2. The number of pyridine rings is 4. The van der Waals surface area contributed by atoms with Gasteiger partial charge in [0.25, 0.3) is 0 Å². The fraction of sp³-hybridized carbons (Fsp3) is 0.621. The molecule has 0 radical (unpaired) electrons. The highest BCUT2D eigenvalue weighted by Crippen LogP contribution is 2.31. The molecule has 4 aliphatic heterocycles. The van der Waals surface area contributed by atoms with Gasteiger partial charge < -0.3 is 59.7 Å². The number of rotatable bonds is 4. The molecule has 452 valence electrons. The molecule has 2 amide bonds. The molecule has 0 atom stereocenters. The number of anilines is 4. The van der Waals surface area contributed by atoms with Crippen LogP contribution in [0.15, 0.2) is 49.6 Å². The van der Waals surface area contributed by atoms with E-state index in [0.717, 1.165) is 146 Å². The number of carbonyl (C=O) groups excluding carboxylic acids is 2. The second-order valence-corrected chi connectivity index (χ2v) is 22.4. The fourth-order valence-corrected chi connectivity index (χ4v) is 10.3. The molecule has 0 aliphatic carbocycles. The number of hydrogen-bond acceptors (Lipinski definition) is 16. The zero-order valence-electron chi connectivity index (χ0n) is 50.3. The summed E-state index contributed by atoms with van der Waals surface area (Å²) in [4.78, 5) is 54.1. The first-order valence-electron chi connectivity index (χ1n) is 27.4. The average molecular weight is 1200 g/mol. The summed E-state index contributed by atoms with van der Waals surface area (Å²) in [6.45, 7) is 38.7.